The lowest BCUT2D eigenvalue weighted by Gasteiger charge is -2.33. The Morgan fingerprint density at radius 2 is 2.17 bits per heavy atom. The topological polar surface area (TPSA) is 29.1 Å². The molecule has 0 radical (unpaired) electrons. The molecule has 2 fully saturated rings. The molecule has 2 atom stereocenters. The van der Waals surface area contributed by atoms with E-state index in [0.29, 0.717) is 18.4 Å². The highest BCUT2D eigenvalue weighted by Gasteiger charge is 2.46. The minimum absolute atomic E-state index is 0.214. The number of fused-ring (bicyclic) bond motifs is 1. The fraction of sp³-hybridized carbons (Fsp3) is 0.875. The van der Waals surface area contributed by atoms with Crippen LogP contribution in [0.5, 0.6) is 0 Å². The second-order valence-corrected chi connectivity index (χ2v) is 5.16. The Labute approximate surface area is 81.6 Å². The summed E-state index contributed by atoms with van der Waals surface area (Å²) in [5.74, 6) is 0.284. The molecule has 0 unspecified atom stereocenters. The number of rotatable bonds is 0. The molecule has 12 heavy (non-hydrogen) atoms. The Morgan fingerprint density at radius 3 is 2.92 bits per heavy atom. The van der Waals surface area contributed by atoms with Gasteiger partial charge in [-0.3, -0.25) is 4.79 Å². The Balaban J connectivity index is 2.14. The number of carbonyl (C=O) groups excluding carboxylic acids is 1. The molecule has 1 amide bonds. The van der Waals surface area contributed by atoms with Crippen molar-refractivity contribution in [3.8, 4) is 0 Å². The molecule has 1 aliphatic heterocycles. The van der Waals surface area contributed by atoms with Crippen LogP contribution in [-0.4, -0.2) is 16.3 Å². The van der Waals surface area contributed by atoms with Crippen molar-refractivity contribution in [1.29, 1.82) is 0 Å². The average molecular weight is 208 g/mol. The van der Waals surface area contributed by atoms with E-state index < -0.39 is 4.33 Å². The molecule has 2 aliphatic rings. The zero-order valence-corrected chi connectivity index (χ0v) is 8.16. The predicted molar refractivity (Wildman–Crippen MR) is 48.3 cm³/mol. The van der Waals surface area contributed by atoms with Crippen LogP contribution in [0.25, 0.3) is 0 Å². The van der Waals surface area contributed by atoms with Gasteiger partial charge < -0.3 is 5.32 Å². The summed E-state index contributed by atoms with van der Waals surface area (Å²) in [5.41, 5.74) is 0. The van der Waals surface area contributed by atoms with Crippen molar-refractivity contribution in [3.63, 3.8) is 0 Å². The number of hydrogen-bond donors (Lipinski definition) is 1. The molecule has 0 aromatic carbocycles. The molecule has 1 aliphatic carbocycles. The highest BCUT2D eigenvalue weighted by Crippen LogP contribution is 2.41. The van der Waals surface area contributed by atoms with Gasteiger partial charge in [0.2, 0.25) is 0 Å². The quantitative estimate of drug-likeness (QED) is 0.604. The molecule has 2 rings (SSSR count). The van der Waals surface area contributed by atoms with E-state index in [1.807, 2.05) is 0 Å². The fourth-order valence-electron chi connectivity index (χ4n) is 2.17. The van der Waals surface area contributed by atoms with Crippen LogP contribution < -0.4 is 5.32 Å². The number of carbonyl (C=O) groups is 1. The Bertz CT molecular complexity index is 217. The first-order chi connectivity index (χ1) is 5.59. The summed E-state index contributed by atoms with van der Waals surface area (Å²) >= 11 is 11.7. The van der Waals surface area contributed by atoms with Crippen LogP contribution in [-0.2, 0) is 4.79 Å². The van der Waals surface area contributed by atoms with Gasteiger partial charge in [0.15, 0.2) is 4.33 Å². The van der Waals surface area contributed by atoms with Gasteiger partial charge in [-0.1, -0.05) is 29.6 Å². The van der Waals surface area contributed by atoms with Gasteiger partial charge in [-0.2, -0.15) is 0 Å². The molecule has 1 saturated carbocycles. The van der Waals surface area contributed by atoms with Gasteiger partial charge in [0.05, 0.1) is 0 Å². The molecule has 2 nitrogen and oxygen atoms in total. The normalized spacial score (nSPS) is 39.0. The molecule has 0 spiro atoms. The molecule has 1 saturated heterocycles. The zero-order valence-electron chi connectivity index (χ0n) is 6.65. The van der Waals surface area contributed by atoms with Gasteiger partial charge in [-0.05, 0) is 25.2 Å². The monoisotopic (exact) mass is 207 g/mol. The minimum Gasteiger partial charge on any atom is -0.350 e. The van der Waals surface area contributed by atoms with Gasteiger partial charge in [-0.25, -0.2) is 0 Å². The van der Waals surface area contributed by atoms with Crippen LogP contribution >= 0.6 is 23.2 Å². The predicted octanol–water partition coefficient (Wildman–Crippen LogP) is 1.85. The van der Waals surface area contributed by atoms with Crippen molar-refractivity contribution < 1.29 is 4.79 Å². The molecule has 68 valence electrons. The highest BCUT2D eigenvalue weighted by atomic mass is 35.5. The zero-order chi connectivity index (χ0) is 8.77. The first kappa shape index (κ1) is 8.64. The van der Waals surface area contributed by atoms with Crippen molar-refractivity contribution >= 4 is 29.1 Å². The second-order valence-electron chi connectivity index (χ2n) is 3.68. The second kappa shape index (κ2) is 2.78. The van der Waals surface area contributed by atoms with Crippen LogP contribution in [0.3, 0.4) is 0 Å². The van der Waals surface area contributed by atoms with E-state index in [1.165, 1.54) is 6.42 Å². The molecule has 1 N–H and O–H groups in total. The fourth-order valence-corrected chi connectivity index (χ4v) is 2.67. The van der Waals surface area contributed by atoms with Crippen LogP contribution in [0, 0.1) is 5.92 Å². The van der Waals surface area contributed by atoms with Gasteiger partial charge in [0.25, 0.3) is 5.91 Å². The van der Waals surface area contributed by atoms with Gasteiger partial charge in [-0.15, -0.1) is 0 Å². The lowest BCUT2D eigenvalue weighted by Crippen LogP contribution is -2.52. The van der Waals surface area contributed by atoms with Gasteiger partial charge in [0, 0.05) is 6.04 Å². The lowest BCUT2D eigenvalue weighted by molar-refractivity contribution is -0.124. The van der Waals surface area contributed by atoms with Crippen LogP contribution in [0.1, 0.15) is 25.7 Å². The van der Waals surface area contributed by atoms with E-state index in [9.17, 15) is 4.79 Å². The van der Waals surface area contributed by atoms with Crippen LogP contribution in [0.15, 0.2) is 0 Å². The summed E-state index contributed by atoms with van der Waals surface area (Å²) < 4.78 is -1.18. The Kier molecular flexibility index (Phi) is 2.00. The number of nitrogens with one attached hydrogen (secondary N) is 1. The number of amides is 1. The Morgan fingerprint density at radius 1 is 1.42 bits per heavy atom. The molecule has 0 aromatic heterocycles. The first-order valence-corrected chi connectivity index (χ1v) is 5.04. The first-order valence-electron chi connectivity index (χ1n) is 4.28. The number of hydrogen-bond acceptors (Lipinski definition) is 1. The lowest BCUT2D eigenvalue weighted by atomic mass is 9.93. The van der Waals surface area contributed by atoms with E-state index in [-0.39, 0.29) is 5.91 Å². The van der Waals surface area contributed by atoms with E-state index in [0.717, 1.165) is 12.8 Å². The molecule has 0 aromatic rings. The van der Waals surface area contributed by atoms with E-state index in [4.69, 9.17) is 23.2 Å². The number of halogens is 2. The van der Waals surface area contributed by atoms with E-state index in [2.05, 4.69) is 5.32 Å². The molecule has 1 heterocycles. The van der Waals surface area contributed by atoms with Crippen molar-refractivity contribution in [2.45, 2.75) is 36.1 Å². The molecule has 4 heteroatoms. The van der Waals surface area contributed by atoms with Crippen molar-refractivity contribution in [1.82, 2.24) is 5.32 Å². The van der Waals surface area contributed by atoms with Crippen molar-refractivity contribution in [2.75, 3.05) is 0 Å². The summed E-state index contributed by atoms with van der Waals surface area (Å²) in [6.07, 6.45) is 4.03. The number of alkyl halides is 2. The standard InChI is InChI=1S/C8H11Cl2NO/c9-8(10)4-5-2-1-3-6(5)11-7(8)12/h5-6H,1-4H2,(H,11,12)/t5-,6+/m0/s1. The largest absolute Gasteiger partial charge is 0.350 e. The van der Waals surface area contributed by atoms with Gasteiger partial charge >= 0.3 is 0 Å². The maximum Gasteiger partial charge on any atom is 0.256 e. The third-order valence-electron chi connectivity index (χ3n) is 2.83. The summed E-state index contributed by atoms with van der Waals surface area (Å²) in [7, 11) is 0. The van der Waals surface area contributed by atoms with E-state index in [1.54, 1.807) is 0 Å². The summed E-state index contributed by atoms with van der Waals surface area (Å²) in [5, 5.41) is 2.87. The summed E-state index contributed by atoms with van der Waals surface area (Å²) in [4.78, 5) is 11.3. The third kappa shape index (κ3) is 1.31. The summed E-state index contributed by atoms with van der Waals surface area (Å²) in [6.45, 7) is 0. The minimum atomic E-state index is -1.18. The van der Waals surface area contributed by atoms with Crippen LogP contribution in [0.4, 0.5) is 0 Å². The SMILES string of the molecule is O=C1N[C@@H]2CCC[C@H]2CC1(Cl)Cl. The van der Waals surface area contributed by atoms with Crippen molar-refractivity contribution in [3.05, 3.63) is 0 Å². The maximum atomic E-state index is 11.3. The average Bonchev–Trinajstić information content (AvgIpc) is 2.35. The molecular formula is C8H11Cl2NO. The van der Waals surface area contributed by atoms with Crippen LogP contribution in [0.2, 0.25) is 0 Å². The number of piperidine rings is 1. The van der Waals surface area contributed by atoms with E-state index >= 15 is 0 Å². The highest BCUT2D eigenvalue weighted by molar-refractivity contribution is 6.58. The third-order valence-corrected chi connectivity index (χ3v) is 3.48. The Hall–Kier alpha value is 0.0500. The molecular weight excluding hydrogens is 197 g/mol. The van der Waals surface area contributed by atoms with Gasteiger partial charge in [0.1, 0.15) is 0 Å². The van der Waals surface area contributed by atoms with Crippen molar-refractivity contribution in [2.24, 2.45) is 5.92 Å². The maximum absolute atomic E-state index is 11.3. The summed E-state index contributed by atoms with van der Waals surface area (Å²) in [6, 6.07) is 0.336. The molecule has 0 bridgehead atoms. The smallest absolute Gasteiger partial charge is 0.256 e.